The van der Waals surface area contributed by atoms with E-state index in [0.717, 1.165) is 12.0 Å². The first-order valence-corrected chi connectivity index (χ1v) is 5.66. The Morgan fingerprint density at radius 1 is 1.33 bits per heavy atom. The van der Waals surface area contributed by atoms with Gasteiger partial charge in [-0.1, -0.05) is 11.6 Å². The minimum atomic E-state index is -1.12. The summed E-state index contributed by atoms with van der Waals surface area (Å²) in [6.45, 7) is 2.47. The maximum Gasteiger partial charge on any atom is 0.322 e. The van der Waals surface area contributed by atoms with Crippen LogP contribution in [0.5, 0.6) is 0 Å². The van der Waals surface area contributed by atoms with Gasteiger partial charge in [0.05, 0.1) is 6.54 Å². The summed E-state index contributed by atoms with van der Waals surface area (Å²) in [4.78, 5) is 34.7. The molecule has 0 saturated heterocycles. The van der Waals surface area contributed by atoms with E-state index in [-0.39, 0.29) is 12.6 Å². The van der Waals surface area contributed by atoms with E-state index in [9.17, 15) is 14.4 Å². The summed E-state index contributed by atoms with van der Waals surface area (Å²) in [7, 11) is 0. The third-order valence-electron chi connectivity index (χ3n) is 2.46. The van der Waals surface area contributed by atoms with E-state index in [1.165, 1.54) is 0 Å². The summed E-state index contributed by atoms with van der Waals surface area (Å²) in [6, 6.07) is -0.312. The molecule has 0 fully saturated rings. The smallest absolute Gasteiger partial charge is 0.322 e. The maximum absolute atomic E-state index is 11.7. The van der Waals surface area contributed by atoms with Crippen LogP contribution in [0.3, 0.4) is 0 Å². The zero-order chi connectivity index (χ0) is 13.5. The third kappa shape index (κ3) is 4.86. The van der Waals surface area contributed by atoms with E-state index in [1.54, 1.807) is 4.90 Å². The molecule has 3 N–H and O–H groups in total. The molecule has 0 radical (unpaired) electrons. The quantitative estimate of drug-likeness (QED) is 0.592. The van der Waals surface area contributed by atoms with Crippen molar-refractivity contribution in [2.24, 2.45) is 0 Å². The fraction of sp³-hybridized carbons (Fsp3) is 0.545. The van der Waals surface area contributed by atoms with Crippen molar-refractivity contribution in [3.05, 3.63) is 11.6 Å². The molecular weight excluding hydrogens is 238 g/mol. The number of carbonyl (C=O) groups excluding carboxylic acids is 2. The Labute approximate surface area is 105 Å². The Balaban J connectivity index is 2.26. The number of amides is 3. The molecule has 1 aliphatic heterocycles. The first kappa shape index (κ1) is 14.0. The van der Waals surface area contributed by atoms with Crippen molar-refractivity contribution < 1.29 is 19.5 Å². The lowest BCUT2D eigenvalue weighted by Crippen LogP contribution is -2.46. The highest BCUT2D eigenvalue weighted by atomic mass is 16.4. The van der Waals surface area contributed by atoms with Crippen LogP contribution in [0.25, 0.3) is 0 Å². The third-order valence-corrected chi connectivity index (χ3v) is 2.46. The van der Waals surface area contributed by atoms with Crippen molar-refractivity contribution in [2.75, 3.05) is 26.2 Å². The highest BCUT2D eigenvalue weighted by Gasteiger charge is 2.16. The molecule has 0 aromatic heterocycles. The van der Waals surface area contributed by atoms with Crippen molar-refractivity contribution in [3.8, 4) is 0 Å². The van der Waals surface area contributed by atoms with E-state index >= 15 is 0 Å². The van der Waals surface area contributed by atoms with Crippen LogP contribution < -0.4 is 10.6 Å². The van der Waals surface area contributed by atoms with Gasteiger partial charge in [-0.05, 0) is 13.3 Å². The van der Waals surface area contributed by atoms with E-state index < -0.39 is 18.4 Å². The van der Waals surface area contributed by atoms with Crippen LogP contribution in [0.2, 0.25) is 0 Å². The molecule has 0 aromatic rings. The van der Waals surface area contributed by atoms with Crippen LogP contribution in [0.1, 0.15) is 13.3 Å². The first-order valence-electron chi connectivity index (χ1n) is 5.66. The molecule has 3 amide bonds. The summed E-state index contributed by atoms with van der Waals surface area (Å²) in [6.07, 6.45) is 2.88. The molecule has 0 saturated carbocycles. The van der Waals surface area contributed by atoms with Gasteiger partial charge >= 0.3 is 12.0 Å². The molecular formula is C11H17N3O4. The van der Waals surface area contributed by atoms with Crippen molar-refractivity contribution in [2.45, 2.75) is 13.3 Å². The molecule has 7 heteroatoms. The lowest BCUT2D eigenvalue weighted by molar-refractivity contribution is -0.137. The molecule has 0 aromatic carbocycles. The number of urea groups is 1. The largest absolute Gasteiger partial charge is 0.480 e. The van der Waals surface area contributed by atoms with Gasteiger partial charge < -0.3 is 20.6 Å². The van der Waals surface area contributed by atoms with Gasteiger partial charge in [0, 0.05) is 13.1 Å². The number of rotatable bonds is 4. The van der Waals surface area contributed by atoms with E-state index in [1.807, 2.05) is 6.92 Å². The monoisotopic (exact) mass is 255 g/mol. The van der Waals surface area contributed by atoms with Gasteiger partial charge in [-0.3, -0.25) is 9.59 Å². The summed E-state index contributed by atoms with van der Waals surface area (Å²) >= 11 is 0. The van der Waals surface area contributed by atoms with E-state index in [4.69, 9.17) is 5.11 Å². The number of carboxylic acids is 1. The molecule has 1 heterocycles. The van der Waals surface area contributed by atoms with Crippen LogP contribution in [0.4, 0.5) is 4.79 Å². The minimum absolute atomic E-state index is 0.217. The molecule has 1 rings (SSSR count). The molecule has 0 unspecified atom stereocenters. The predicted octanol–water partition coefficient (Wildman–Crippen LogP) is -0.451. The zero-order valence-corrected chi connectivity index (χ0v) is 10.2. The lowest BCUT2D eigenvalue weighted by atomic mass is 10.1. The van der Waals surface area contributed by atoms with Crippen LogP contribution >= 0.6 is 0 Å². The van der Waals surface area contributed by atoms with E-state index in [0.29, 0.717) is 13.1 Å². The average Bonchev–Trinajstić information content (AvgIpc) is 2.33. The molecule has 0 spiro atoms. The second-order valence-corrected chi connectivity index (χ2v) is 4.09. The fourth-order valence-corrected chi connectivity index (χ4v) is 1.59. The topological polar surface area (TPSA) is 98.7 Å². The SMILES string of the molecule is CC1=CCCN(C(=O)NCC(=O)NCC(=O)O)C1. The maximum atomic E-state index is 11.7. The fourth-order valence-electron chi connectivity index (χ4n) is 1.59. The number of aliphatic carboxylic acids is 1. The number of carboxylic acid groups (broad SMARTS) is 1. The standard InChI is InChI=1S/C11H17N3O4/c1-8-3-2-4-14(7-8)11(18)13-5-9(15)12-6-10(16)17/h3H,2,4-7H2,1H3,(H,12,15)(H,13,18)(H,16,17). The molecule has 1 aliphatic rings. The summed E-state index contributed by atoms with van der Waals surface area (Å²) in [5, 5.41) is 13.0. The number of carbonyl (C=O) groups is 3. The second kappa shape index (κ2) is 6.63. The minimum Gasteiger partial charge on any atom is -0.480 e. The average molecular weight is 255 g/mol. The molecule has 18 heavy (non-hydrogen) atoms. The molecule has 0 bridgehead atoms. The number of nitrogens with zero attached hydrogens (tertiary/aromatic N) is 1. The van der Waals surface area contributed by atoms with Crippen molar-refractivity contribution in [1.82, 2.24) is 15.5 Å². The normalized spacial score (nSPS) is 14.7. The van der Waals surface area contributed by atoms with Crippen LogP contribution in [0, 0.1) is 0 Å². The summed E-state index contributed by atoms with van der Waals surface area (Å²) in [5.41, 5.74) is 1.12. The predicted molar refractivity (Wildman–Crippen MR) is 64.0 cm³/mol. The van der Waals surface area contributed by atoms with Gasteiger partial charge in [0.25, 0.3) is 0 Å². The van der Waals surface area contributed by atoms with Crippen molar-refractivity contribution in [1.29, 1.82) is 0 Å². The Hall–Kier alpha value is -2.05. The summed E-state index contributed by atoms with van der Waals surface area (Å²) in [5.74, 6) is -1.64. The Morgan fingerprint density at radius 3 is 2.67 bits per heavy atom. The highest BCUT2D eigenvalue weighted by Crippen LogP contribution is 2.08. The summed E-state index contributed by atoms with van der Waals surface area (Å²) < 4.78 is 0. The van der Waals surface area contributed by atoms with Gasteiger partial charge in [-0.25, -0.2) is 4.79 Å². The van der Waals surface area contributed by atoms with Gasteiger partial charge in [0.1, 0.15) is 6.54 Å². The number of nitrogens with one attached hydrogen (secondary N) is 2. The zero-order valence-electron chi connectivity index (χ0n) is 10.2. The molecule has 100 valence electrons. The Morgan fingerprint density at radius 2 is 2.06 bits per heavy atom. The van der Waals surface area contributed by atoms with Gasteiger partial charge in [0.15, 0.2) is 0 Å². The van der Waals surface area contributed by atoms with Crippen LogP contribution in [0.15, 0.2) is 11.6 Å². The second-order valence-electron chi connectivity index (χ2n) is 4.09. The Kier molecular flexibility index (Phi) is 5.16. The molecule has 7 nitrogen and oxygen atoms in total. The van der Waals surface area contributed by atoms with Crippen LogP contribution in [-0.2, 0) is 9.59 Å². The van der Waals surface area contributed by atoms with Gasteiger partial charge in [-0.2, -0.15) is 0 Å². The van der Waals surface area contributed by atoms with Crippen LogP contribution in [-0.4, -0.2) is 54.1 Å². The number of hydrogen-bond acceptors (Lipinski definition) is 3. The number of hydrogen-bond donors (Lipinski definition) is 3. The molecule has 0 aliphatic carbocycles. The lowest BCUT2D eigenvalue weighted by Gasteiger charge is -2.26. The Bertz CT molecular complexity index is 378. The van der Waals surface area contributed by atoms with Crippen molar-refractivity contribution in [3.63, 3.8) is 0 Å². The molecule has 0 atom stereocenters. The first-order chi connectivity index (χ1) is 8.49. The van der Waals surface area contributed by atoms with E-state index in [2.05, 4.69) is 16.7 Å². The van der Waals surface area contributed by atoms with Gasteiger partial charge in [-0.15, -0.1) is 0 Å². The van der Waals surface area contributed by atoms with Crippen molar-refractivity contribution >= 4 is 17.9 Å². The van der Waals surface area contributed by atoms with Gasteiger partial charge in [0.2, 0.25) is 5.91 Å². The highest BCUT2D eigenvalue weighted by molar-refractivity contribution is 5.86.